The number of ether oxygens (including phenoxy) is 1. The van der Waals surface area contributed by atoms with Gasteiger partial charge >= 0.3 is 0 Å². The Morgan fingerprint density at radius 3 is 2.58 bits per heavy atom. The van der Waals surface area contributed by atoms with Crippen LogP contribution in [0.15, 0.2) is 63.9 Å². The van der Waals surface area contributed by atoms with Crippen molar-refractivity contribution < 1.29 is 19.5 Å². The van der Waals surface area contributed by atoms with Gasteiger partial charge in [0, 0.05) is 28.3 Å². The van der Waals surface area contributed by atoms with Crippen molar-refractivity contribution in [1.82, 2.24) is 9.31 Å². The summed E-state index contributed by atoms with van der Waals surface area (Å²) in [4.78, 5) is 12.9. The monoisotopic (exact) mass is 527 g/mol. The number of halogens is 1. The van der Waals surface area contributed by atoms with Crippen molar-refractivity contribution in [1.29, 1.82) is 5.26 Å². The zero-order valence-electron chi connectivity index (χ0n) is 20.4. The largest absolute Gasteiger partial charge is 0.494 e. The lowest BCUT2D eigenvalue weighted by Crippen LogP contribution is -2.27. The van der Waals surface area contributed by atoms with E-state index in [1.54, 1.807) is 30.3 Å². The van der Waals surface area contributed by atoms with E-state index in [0.29, 0.717) is 57.6 Å². The normalized spacial score (nSPS) is 21.8. The summed E-state index contributed by atoms with van der Waals surface area (Å²) < 4.78 is 15.0. The number of benzene rings is 3. The Morgan fingerprint density at radius 2 is 1.79 bits per heavy atom. The van der Waals surface area contributed by atoms with Crippen molar-refractivity contribution in [2.24, 2.45) is 0 Å². The first kappa shape index (κ1) is 23.0. The Bertz CT molecular complexity index is 1910. The van der Waals surface area contributed by atoms with Crippen LogP contribution in [0.4, 0.5) is 0 Å². The molecule has 2 aromatic heterocycles. The highest BCUT2D eigenvalue weighted by molar-refractivity contribution is 6.31. The van der Waals surface area contributed by atoms with Crippen molar-refractivity contribution in [2.75, 3.05) is 0 Å². The van der Waals surface area contributed by atoms with Crippen molar-refractivity contribution in [3.05, 3.63) is 86.7 Å². The van der Waals surface area contributed by atoms with Crippen molar-refractivity contribution in [3.8, 4) is 23.5 Å². The molecule has 9 heteroatoms. The maximum absolute atomic E-state index is 12.9. The molecule has 1 fully saturated rings. The molecule has 190 valence electrons. The highest BCUT2D eigenvalue weighted by Crippen LogP contribution is 2.65. The molecule has 2 atom stereocenters. The van der Waals surface area contributed by atoms with Crippen molar-refractivity contribution >= 4 is 33.3 Å². The molecule has 2 bridgehead atoms. The van der Waals surface area contributed by atoms with Crippen LogP contribution in [0.1, 0.15) is 42.9 Å². The molecule has 2 aliphatic heterocycles. The van der Waals surface area contributed by atoms with Crippen LogP contribution >= 0.6 is 11.6 Å². The number of rotatable bonds is 4. The standard InChI is InChI=1S/C29H22ClN3O5/c1-28-10-11-29(38-28,12-13-32-25(34)20-8-7-17(30)14-22(20)37-32)24-23(28)26(35)33(27(24)36)21-9-6-16(15-31)18-4-2-3-5-19(18)21/h2-9,14,35-36H,10-13H2,1H3/t28-,29-/m0/s1. The van der Waals surface area contributed by atoms with Crippen molar-refractivity contribution in [2.45, 2.75) is 43.9 Å². The fraction of sp³-hybridized carbons (Fsp3) is 0.241. The van der Waals surface area contributed by atoms with Gasteiger partial charge in [-0.25, -0.2) is 0 Å². The summed E-state index contributed by atoms with van der Waals surface area (Å²) in [6.45, 7) is 2.13. The van der Waals surface area contributed by atoms with E-state index in [1.807, 2.05) is 31.2 Å². The number of aryl methyl sites for hydroxylation is 1. The quantitative estimate of drug-likeness (QED) is 0.305. The van der Waals surface area contributed by atoms with E-state index in [-0.39, 0.29) is 23.9 Å². The van der Waals surface area contributed by atoms with Gasteiger partial charge < -0.3 is 19.5 Å². The first-order valence-corrected chi connectivity index (χ1v) is 12.7. The second-order valence-corrected chi connectivity index (χ2v) is 10.7. The lowest BCUT2D eigenvalue weighted by molar-refractivity contribution is -0.0872. The topological polar surface area (TPSA) is 114 Å². The highest BCUT2D eigenvalue weighted by Gasteiger charge is 2.61. The summed E-state index contributed by atoms with van der Waals surface area (Å²) in [6, 6.07) is 17.9. The highest BCUT2D eigenvalue weighted by atomic mass is 35.5. The third kappa shape index (κ3) is 2.91. The van der Waals surface area contributed by atoms with E-state index in [0.717, 1.165) is 10.8 Å². The van der Waals surface area contributed by atoms with Crippen LogP contribution < -0.4 is 5.56 Å². The maximum atomic E-state index is 12.9. The maximum Gasteiger partial charge on any atom is 0.290 e. The van der Waals surface area contributed by atoms with Gasteiger partial charge in [0.25, 0.3) is 5.56 Å². The minimum Gasteiger partial charge on any atom is -0.494 e. The van der Waals surface area contributed by atoms with Gasteiger partial charge in [-0.05, 0) is 44.0 Å². The zero-order chi connectivity index (χ0) is 26.4. The number of nitriles is 1. The van der Waals surface area contributed by atoms with E-state index < -0.39 is 11.2 Å². The zero-order valence-corrected chi connectivity index (χ0v) is 21.1. The Morgan fingerprint density at radius 1 is 1.03 bits per heavy atom. The average molecular weight is 528 g/mol. The minimum atomic E-state index is -0.907. The van der Waals surface area contributed by atoms with Gasteiger partial charge in [0.05, 0.1) is 46.0 Å². The van der Waals surface area contributed by atoms with E-state index in [1.165, 1.54) is 9.31 Å². The molecular weight excluding hydrogens is 506 g/mol. The molecule has 2 N–H and O–H groups in total. The first-order valence-electron chi connectivity index (χ1n) is 12.4. The smallest absolute Gasteiger partial charge is 0.290 e. The Labute approximate surface area is 221 Å². The molecule has 1 saturated heterocycles. The molecule has 4 heterocycles. The molecule has 0 amide bonds. The van der Waals surface area contributed by atoms with Crippen LogP contribution in [-0.4, -0.2) is 19.5 Å². The number of aromatic hydroxyl groups is 2. The summed E-state index contributed by atoms with van der Waals surface area (Å²) in [5.74, 6) is -0.202. The molecule has 0 aliphatic carbocycles. The van der Waals surface area contributed by atoms with Crippen LogP contribution in [0.5, 0.6) is 11.8 Å². The van der Waals surface area contributed by atoms with Gasteiger partial charge in [-0.15, -0.1) is 0 Å². The van der Waals surface area contributed by atoms with E-state index in [9.17, 15) is 20.3 Å². The van der Waals surface area contributed by atoms with E-state index in [2.05, 4.69) is 6.07 Å². The lowest BCUT2D eigenvalue weighted by Gasteiger charge is -2.26. The Kier molecular flexibility index (Phi) is 4.63. The summed E-state index contributed by atoms with van der Waals surface area (Å²) in [7, 11) is 0. The number of aromatic nitrogens is 2. The second kappa shape index (κ2) is 7.67. The fourth-order valence-electron chi connectivity index (χ4n) is 6.38. The Hall–Kier alpha value is -4.19. The predicted octanol–water partition coefficient (Wildman–Crippen LogP) is 5.80. The average Bonchev–Trinajstić information content (AvgIpc) is 3.58. The molecule has 0 saturated carbocycles. The van der Waals surface area contributed by atoms with Crippen molar-refractivity contribution in [3.63, 3.8) is 0 Å². The van der Waals surface area contributed by atoms with Gasteiger partial charge in [-0.3, -0.25) is 9.36 Å². The minimum absolute atomic E-state index is 0.0908. The number of hydrogen-bond donors (Lipinski definition) is 2. The molecule has 38 heavy (non-hydrogen) atoms. The van der Waals surface area contributed by atoms with Gasteiger partial charge in [0.2, 0.25) is 11.8 Å². The second-order valence-electron chi connectivity index (χ2n) is 10.2. The summed E-state index contributed by atoms with van der Waals surface area (Å²) in [5.41, 5.74) is 0.596. The molecule has 2 aliphatic rings. The lowest BCUT2D eigenvalue weighted by atomic mass is 9.78. The molecule has 0 spiro atoms. The molecule has 8 nitrogen and oxygen atoms in total. The summed E-state index contributed by atoms with van der Waals surface area (Å²) in [6.07, 6.45) is 1.62. The summed E-state index contributed by atoms with van der Waals surface area (Å²) >= 11 is 6.06. The number of hydrogen-bond acceptors (Lipinski definition) is 6. The Balaban J connectivity index is 1.35. The molecule has 3 aromatic carbocycles. The SMILES string of the molecule is C[C@@]12CC[C@@](CCn3oc4cc(Cl)ccc4c3=O)(O1)c1c2c(O)n(-c2ccc(C#N)c3ccccc23)c1O. The molecular formula is C29H22ClN3O5. The summed E-state index contributed by atoms with van der Waals surface area (Å²) in [5, 5.41) is 35.1. The predicted molar refractivity (Wildman–Crippen MR) is 141 cm³/mol. The van der Waals surface area contributed by atoms with Crippen LogP contribution in [-0.2, 0) is 22.5 Å². The molecule has 5 aromatic rings. The number of fused-ring (bicyclic) bond motifs is 7. The van der Waals surface area contributed by atoms with Crippen LogP contribution in [0.2, 0.25) is 5.02 Å². The molecule has 0 radical (unpaired) electrons. The van der Waals surface area contributed by atoms with Gasteiger partial charge in [0.15, 0.2) is 5.58 Å². The third-order valence-corrected chi connectivity index (χ3v) is 8.36. The molecule has 7 rings (SSSR count). The van der Waals surface area contributed by atoms with Crippen LogP contribution in [0.3, 0.4) is 0 Å². The first-order chi connectivity index (χ1) is 18.3. The van der Waals surface area contributed by atoms with Gasteiger partial charge in [0.1, 0.15) is 5.60 Å². The van der Waals surface area contributed by atoms with Crippen LogP contribution in [0, 0.1) is 11.3 Å². The number of nitrogens with zero attached hydrogens (tertiary/aromatic N) is 3. The third-order valence-electron chi connectivity index (χ3n) is 8.12. The molecule has 0 unspecified atom stereocenters. The van der Waals surface area contributed by atoms with Crippen LogP contribution in [0.25, 0.3) is 27.4 Å². The van der Waals surface area contributed by atoms with E-state index >= 15 is 0 Å². The van der Waals surface area contributed by atoms with Gasteiger partial charge in [-0.1, -0.05) is 35.9 Å². The van der Waals surface area contributed by atoms with E-state index in [4.69, 9.17) is 20.9 Å². The van der Waals surface area contributed by atoms with Gasteiger partial charge in [-0.2, -0.15) is 10.0 Å². The fourth-order valence-corrected chi connectivity index (χ4v) is 6.54.